The normalized spacial score (nSPS) is 12.7. The number of carbonyl (C=O) groups is 2. The SMILES string of the molecule is CC(=O)N1CCc2ccc(NC(=O)NCc3cccc(Cl)c3)cc21. The van der Waals surface area contributed by atoms with Crippen LogP contribution in [0.3, 0.4) is 0 Å². The molecule has 6 heteroatoms. The Balaban J connectivity index is 1.63. The van der Waals surface area contributed by atoms with E-state index in [1.165, 1.54) is 0 Å². The molecule has 5 nitrogen and oxygen atoms in total. The molecule has 3 amide bonds. The average molecular weight is 344 g/mol. The van der Waals surface area contributed by atoms with Crippen LogP contribution in [-0.4, -0.2) is 18.5 Å². The van der Waals surface area contributed by atoms with Crippen LogP contribution in [0.4, 0.5) is 16.2 Å². The molecule has 0 atom stereocenters. The van der Waals surface area contributed by atoms with E-state index < -0.39 is 0 Å². The van der Waals surface area contributed by atoms with E-state index >= 15 is 0 Å². The second kappa shape index (κ2) is 6.93. The van der Waals surface area contributed by atoms with Crippen LogP contribution in [0, 0.1) is 0 Å². The molecule has 0 saturated heterocycles. The maximum Gasteiger partial charge on any atom is 0.319 e. The van der Waals surface area contributed by atoms with Gasteiger partial charge in [-0.2, -0.15) is 0 Å². The van der Waals surface area contributed by atoms with Crippen LogP contribution in [0.2, 0.25) is 5.02 Å². The third-order valence-corrected chi connectivity index (χ3v) is 4.20. The molecular formula is C18H18ClN3O2. The number of rotatable bonds is 3. The van der Waals surface area contributed by atoms with Gasteiger partial charge in [-0.3, -0.25) is 4.79 Å². The van der Waals surface area contributed by atoms with Gasteiger partial charge < -0.3 is 15.5 Å². The summed E-state index contributed by atoms with van der Waals surface area (Å²) in [7, 11) is 0. The molecule has 0 radical (unpaired) electrons. The number of hydrogen-bond acceptors (Lipinski definition) is 2. The first-order chi connectivity index (χ1) is 11.5. The first-order valence-electron chi connectivity index (χ1n) is 7.73. The van der Waals surface area contributed by atoms with Crippen molar-refractivity contribution in [1.82, 2.24) is 5.32 Å². The lowest BCUT2D eigenvalue weighted by molar-refractivity contribution is -0.116. The van der Waals surface area contributed by atoms with Crippen molar-refractivity contribution >= 4 is 34.9 Å². The Kier molecular flexibility index (Phi) is 4.71. The van der Waals surface area contributed by atoms with E-state index in [2.05, 4.69) is 10.6 Å². The molecule has 24 heavy (non-hydrogen) atoms. The molecule has 0 spiro atoms. The molecule has 2 N–H and O–H groups in total. The lowest BCUT2D eigenvalue weighted by Crippen LogP contribution is -2.28. The number of fused-ring (bicyclic) bond motifs is 1. The first kappa shape index (κ1) is 16.3. The summed E-state index contributed by atoms with van der Waals surface area (Å²) in [6, 6.07) is 12.7. The van der Waals surface area contributed by atoms with Crippen molar-refractivity contribution in [2.24, 2.45) is 0 Å². The van der Waals surface area contributed by atoms with E-state index in [0.29, 0.717) is 23.8 Å². The van der Waals surface area contributed by atoms with Gasteiger partial charge in [0.25, 0.3) is 0 Å². The maximum atomic E-state index is 12.1. The zero-order valence-electron chi connectivity index (χ0n) is 13.3. The van der Waals surface area contributed by atoms with Crippen LogP contribution in [0.5, 0.6) is 0 Å². The van der Waals surface area contributed by atoms with Gasteiger partial charge in [-0.15, -0.1) is 0 Å². The molecule has 1 aliphatic heterocycles. The van der Waals surface area contributed by atoms with Gasteiger partial charge >= 0.3 is 6.03 Å². The fourth-order valence-electron chi connectivity index (χ4n) is 2.79. The Morgan fingerprint density at radius 3 is 2.79 bits per heavy atom. The summed E-state index contributed by atoms with van der Waals surface area (Å²) in [6.45, 7) is 2.62. The Morgan fingerprint density at radius 1 is 1.21 bits per heavy atom. The summed E-state index contributed by atoms with van der Waals surface area (Å²) < 4.78 is 0. The number of nitrogens with zero attached hydrogens (tertiary/aromatic N) is 1. The average Bonchev–Trinajstić information content (AvgIpc) is 2.96. The van der Waals surface area contributed by atoms with Crippen LogP contribution >= 0.6 is 11.6 Å². The second-order valence-corrected chi connectivity index (χ2v) is 6.14. The summed E-state index contributed by atoms with van der Waals surface area (Å²) >= 11 is 5.92. The van der Waals surface area contributed by atoms with Gasteiger partial charge in [-0.05, 0) is 41.8 Å². The number of benzene rings is 2. The van der Waals surface area contributed by atoms with Gasteiger partial charge in [-0.1, -0.05) is 29.8 Å². The Labute approximate surface area is 145 Å². The van der Waals surface area contributed by atoms with Crippen LogP contribution in [0.15, 0.2) is 42.5 Å². The van der Waals surface area contributed by atoms with Crippen molar-refractivity contribution in [3.8, 4) is 0 Å². The fourth-order valence-corrected chi connectivity index (χ4v) is 3.00. The van der Waals surface area contributed by atoms with Gasteiger partial charge in [0.15, 0.2) is 0 Å². The predicted octanol–water partition coefficient (Wildman–Crippen LogP) is 3.57. The first-order valence-corrected chi connectivity index (χ1v) is 8.11. The maximum absolute atomic E-state index is 12.1. The topological polar surface area (TPSA) is 61.4 Å². The van der Waals surface area contributed by atoms with Crippen molar-refractivity contribution in [2.45, 2.75) is 19.9 Å². The van der Waals surface area contributed by atoms with Gasteiger partial charge in [0.1, 0.15) is 0 Å². The molecule has 124 valence electrons. The van der Waals surface area contributed by atoms with Crippen molar-refractivity contribution < 1.29 is 9.59 Å². The molecule has 0 saturated carbocycles. The number of urea groups is 1. The van der Waals surface area contributed by atoms with Crippen LogP contribution < -0.4 is 15.5 Å². The fraction of sp³-hybridized carbons (Fsp3) is 0.222. The monoisotopic (exact) mass is 343 g/mol. The largest absolute Gasteiger partial charge is 0.334 e. The number of carbonyl (C=O) groups excluding carboxylic acids is 2. The predicted molar refractivity (Wildman–Crippen MR) is 95.5 cm³/mol. The zero-order chi connectivity index (χ0) is 17.1. The third-order valence-electron chi connectivity index (χ3n) is 3.96. The van der Waals surface area contributed by atoms with Crippen molar-refractivity contribution in [2.75, 3.05) is 16.8 Å². The standard InChI is InChI=1S/C18H18ClN3O2/c1-12(23)22-8-7-14-5-6-16(10-17(14)22)21-18(24)20-11-13-3-2-4-15(19)9-13/h2-6,9-10H,7-8,11H2,1H3,(H2,20,21,24). The summed E-state index contributed by atoms with van der Waals surface area (Å²) in [5.74, 6) is 0.0105. The molecule has 1 aliphatic rings. The number of amides is 3. The number of hydrogen-bond donors (Lipinski definition) is 2. The molecule has 2 aromatic rings. The van der Waals surface area contributed by atoms with Gasteiger partial charge in [0, 0.05) is 36.4 Å². The molecular weight excluding hydrogens is 326 g/mol. The van der Waals surface area contributed by atoms with Gasteiger partial charge in [-0.25, -0.2) is 4.79 Å². The summed E-state index contributed by atoms with van der Waals surface area (Å²) in [4.78, 5) is 25.4. The number of nitrogens with one attached hydrogen (secondary N) is 2. The summed E-state index contributed by atoms with van der Waals surface area (Å²) in [5, 5.41) is 6.22. The molecule has 0 unspecified atom stereocenters. The van der Waals surface area contributed by atoms with E-state index in [9.17, 15) is 9.59 Å². The molecule has 0 fully saturated rings. The van der Waals surface area contributed by atoms with Crippen molar-refractivity contribution in [3.05, 3.63) is 58.6 Å². The third kappa shape index (κ3) is 3.68. The van der Waals surface area contributed by atoms with Crippen molar-refractivity contribution in [3.63, 3.8) is 0 Å². The highest BCUT2D eigenvalue weighted by molar-refractivity contribution is 6.30. The smallest absolute Gasteiger partial charge is 0.319 e. The van der Waals surface area contributed by atoms with E-state index in [4.69, 9.17) is 11.6 Å². The van der Waals surface area contributed by atoms with E-state index in [-0.39, 0.29) is 11.9 Å². The molecule has 3 rings (SSSR count). The molecule has 0 aliphatic carbocycles. The quantitative estimate of drug-likeness (QED) is 0.895. The second-order valence-electron chi connectivity index (χ2n) is 5.70. The molecule has 0 bridgehead atoms. The lowest BCUT2D eigenvalue weighted by Gasteiger charge is -2.16. The molecule has 0 aromatic heterocycles. The van der Waals surface area contributed by atoms with Crippen LogP contribution in [0.25, 0.3) is 0 Å². The number of anilines is 2. The summed E-state index contributed by atoms with van der Waals surface area (Å²) in [5.41, 5.74) is 3.57. The van der Waals surface area contributed by atoms with Crippen LogP contribution in [0.1, 0.15) is 18.1 Å². The Hall–Kier alpha value is -2.53. The highest BCUT2D eigenvalue weighted by atomic mass is 35.5. The number of halogens is 1. The van der Waals surface area contributed by atoms with Gasteiger partial charge in [0.05, 0.1) is 0 Å². The van der Waals surface area contributed by atoms with Gasteiger partial charge in [0.2, 0.25) is 5.91 Å². The van der Waals surface area contributed by atoms with Crippen LogP contribution in [-0.2, 0) is 17.8 Å². The minimum atomic E-state index is -0.303. The highest BCUT2D eigenvalue weighted by Crippen LogP contribution is 2.30. The zero-order valence-corrected chi connectivity index (χ0v) is 14.1. The van der Waals surface area contributed by atoms with E-state index in [1.807, 2.05) is 36.4 Å². The minimum Gasteiger partial charge on any atom is -0.334 e. The minimum absolute atomic E-state index is 0.0105. The van der Waals surface area contributed by atoms with E-state index in [0.717, 1.165) is 23.2 Å². The summed E-state index contributed by atoms with van der Waals surface area (Å²) in [6.07, 6.45) is 0.843. The lowest BCUT2D eigenvalue weighted by atomic mass is 10.1. The molecule has 2 aromatic carbocycles. The van der Waals surface area contributed by atoms with E-state index in [1.54, 1.807) is 17.9 Å². The highest BCUT2D eigenvalue weighted by Gasteiger charge is 2.22. The molecule has 1 heterocycles. The Morgan fingerprint density at radius 2 is 2.04 bits per heavy atom. The van der Waals surface area contributed by atoms with Crippen molar-refractivity contribution in [1.29, 1.82) is 0 Å². The Bertz CT molecular complexity index is 792.